The van der Waals surface area contributed by atoms with Crippen LogP contribution in [-0.2, 0) is 33.1 Å². The number of carboxylic acid groups (broad SMARTS) is 1. The minimum Gasteiger partial charge on any atom is -0.480 e. The summed E-state index contributed by atoms with van der Waals surface area (Å²) in [7, 11) is -2.40. The van der Waals surface area contributed by atoms with Gasteiger partial charge in [-0.05, 0) is 55.8 Å². The quantitative estimate of drug-likeness (QED) is 0.309. The number of sulfonamides is 1. The average Bonchev–Trinajstić information content (AvgIpc) is 3.41. The number of amides is 1. The van der Waals surface area contributed by atoms with Crippen molar-refractivity contribution in [1.82, 2.24) is 28.7 Å². The molecule has 12 nitrogen and oxygen atoms in total. The van der Waals surface area contributed by atoms with Gasteiger partial charge in [-0.15, -0.1) is 11.8 Å². The second-order valence-corrected chi connectivity index (χ2v) is 13.6. The van der Waals surface area contributed by atoms with Gasteiger partial charge in [-0.25, -0.2) is 27.6 Å². The Morgan fingerprint density at radius 1 is 1.15 bits per heavy atom. The van der Waals surface area contributed by atoms with Gasteiger partial charge in [0.15, 0.2) is 5.65 Å². The largest absolute Gasteiger partial charge is 0.480 e. The number of carbonyl (C=O) groups is 2. The van der Waals surface area contributed by atoms with Gasteiger partial charge in [0.2, 0.25) is 15.9 Å². The number of pyridine rings is 2. The van der Waals surface area contributed by atoms with Crippen molar-refractivity contribution in [3.8, 4) is 5.69 Å². The number of aliphatic carboxylic acids is 1. The van der Waals surface area contributed by atoms with Crippen LogP contribution in [0.2, 0.25) is 0 Å². The molecular formula is C27H28N6O6S2. The van der Waals surface area contributed by atoms with Crippen LogP contribution in [0.5, 0.6) is 0 Å². The van der Waals surface area contributed by atoms with Crippen molar-refractivity contribution in [2.75, 3.05) is 5.88 Å². The number of nitrogens with zero attached hydrogens (tertiary/aromatic N) is 5. The van der Waals surface area contributed by atoms with Gasteiger partial charge in [0, 0.05) is 36.8 Å². The lowest BCUT2D eigenvalue weighted by atomic mass is 10.0. The van der Waals surface area contributed by atoms with Crippen molar-refractivity contribution in [1.29, 1.82) is 0 Å². The number of imidazole rings is 1. The van der Waals surface area contributed by atoms with E-state index in [1.54, 1.807) is 63.5 Å². The van der Waals surface area contributed by atoms with Crippen molar-refractivity contribution in [2.24, 2.45) is 7.05 Å². The Morgan fingerprint density at radius 2 is 1.85 bits per heavy atom. The van der Waals surface area contributed by atoms with Gasteiger partial charge in [-0.1, -0.05) is 12.1 Å². The monoisotopic (exact) mass is 596 g/mol. The number of carbonyl (C=O) groups excluding carboxylic acids is 1. The van der Waals surface area contributed by atoms with Crippen LogP contribution in [0.3, 0.4) is 0 Å². The first-order chi connectivity index (χ1) is 19.4. The van der Waals surface area contributed by atoms with E-state index in [9.17, 15) is 27.9 Å². The van der Waals surface area contributed by atoms with E-state index in [0.29, 0.717) is 22.4 Å². The van der Waals surface area contributed by atoms with E-state index in [-0.39, 0.29) is 22.9 Å². The molecule has 1 aliphatic rings. The van der Waals surface area contributed by atoms with Crippen LogP contribution in [0.4, 0.5) is 0 Å². The summed E-state index contributed by atoms with van der Waals surface area (Å²) >= 11 is 1.29. The van der Waals surface area contributed by atoms with Gasteiger partial charge >= 0.3 is 11.7 Å². The highest BCUT2D eigenvalue weighted by Crippen LogP contribution is 2.42. The highest BCUT2D eigenvalue weighted by atomic mass is 32.2. The Kier molecular flexibility index (Phi) is 7.48. The van der Waals surface area contributed by atoms with Crippen molar-refractivity contribution in [3.05, 3.63) is 83.2 Å². The predicted octanol–water partition coefficient (Wildman–Crippen LogP) is 1.77. The van der Waals surface area contributed by atoms with Crippen LogP contribution in [0.25, 0.3) is 16.9 Å². The lowest BCUT2D eigenvalue weighted by Crippen LogP contribution is -2.56. The van der Waals surface area contributed by atoms with Gasteiger partial charge in [-0.3, -0.25) is 14.3 Å². The second-order valence-electron chi connectivity index (χ2n) is 10.2. The molecule has 4 heterocycles. The van der Waals surface area contributed by atoms with Crippen LogP contribution >= 0.6 is 11.8 Å². The molecule has 2 atom stereocenters. The summed E-state index contributed by atoms with van der Waals surface area (Å²) in [5.74, 6) is -1.93. The smallest absolute Gasteiger partial charge is 0.334 e. The fourth-order valence-electron chi connectivity index (χ4n) is 4.89. The van der Waals surface area contributed by atoms with Crippen LogP contribution in [0, 0.1) is 0 Å². The zero-order valence-electron chi connectivity index (χ0n) is 22.5. The molecule has 1 amide bonds. The maximum atomic E-state index is 13.5. The Bertz CT molecular complexity index is 1780. The normalized spacial score (nSPS) is 17.9. The third-order valence-electron chi connectivity index (χ3n) is 7.07. The first kappa shape index (κ1) is 28.5. The maximum Gasteiger partial charge on any atom is 0.334 e. The lowest BCUT2D eigenvalue weighted by Gasteiger charge is -2.30. The molecular weight excluding hydrogens is 568 g/mol. The fourth-order valence-corrected chi connectivity index (χ4v) is 8.02. The predicted molar refractivity (Wildman–Crippen MR) is 153 cm³/mol. The summed E-state index contributed by atoms with van der Waals surface area (Å²) in [4.78, 5) is 46.7. The molecule has 0 aliphatic carbocycles. The Morgan fingerprint density at radius 3 is 2.51 bits per heavy atom. The Hall–Kier alpha value is -4.01. The highest BCUT2D eigenvalue weighted by molar-refractivity contribution is 8.02. The molecule has 14 heteroatoms. The van der Waals surface area contributed by atoms with E-state index in [1.165, 1.54) is 45.4 Å². The molecule has 0 saturated carbocycles. The standard InChI is InChI=1S/C27H28N6O6S2/c1-27(2)22(32(16-40-27)41(38,39)19-6-4-12-28-15-19)24(34)30-20(25(35)36)14-17-8-10-18(11-9-17)33-23-21(7-5-13-29-23)31(3)26(33)37/h4-13,15,20,22H,14,16H2,1-3H3,(H,30,34)(H,35,36)/t20-,22+/m0/s1. The van der Waals surface area contributed by atoms with Crippen molar-refractivity contribution in [2.45, 2.75) is 42.0 Å². The van der Waals surface area contributed by atoms with Gasteiger partial charge in [0.1, 0.15) is 17.0 Å². The number of hydrogen-bond acceptors (Lipinski definition) is 8. The van der Waals surface area contributed by atoms with Crippen LogP contribution in [-0.4, -0.2) is 71.5 Å². The van der Waals surface area contributed by atoms with Gasteiger partial charge in [-0.2, -0.15) is 4.31 Å². The number of fused-ring (bicyclic) bond motifs is 1. The summed E-state index contributed by atoms with van der Waals surface area (Å²) < 4.78 is 29.9. The summed E-state index contributed by atoms with van der Waals surface area (Å²) in [6, 6.07) is 10.7. The SMILES string of the molecule is Cn1c(=O)n(-c2ccc(C[C@H](NC(=O)[C@H]3N(S(=O)(=O)c4cccnc4)CSC3(C)C)C(=O)O)cc2)c2ncccc21. The summed E-state index contributed by atoms with van der Waals surface area (Å²) in [6.45, 7) is 3.50. The van der Waals surface area contributed by atoms with E-state index in [4.69, 9.17) is 0 Å². The third-order valence-corrected chi connectivity index (χ3v) is 10.4. The topological polar surface area (TPSA) is 156 Å². The number of aryl methyl sites for hydroxylation is 1. The van der Waals surface area contributed by atoms with Gasteiger partial charge in [0.25, 0.3) is 0 Å². The number of benzene rings is 1. The first-order valence-corrected chi connectivity index (χ1v) is 15.0. The minimum absolute atomic E-state index is 0.0317. The van der Waals surface area contributed by atoms with Crippen LogP contribution in [0.15, 0.2) is 76.8 Å². The maximum absolute atomic E-state index is 13.5. The van der Waals surface area contributed by atoms with Crippen molar-refractivity contribution >= 4 is 44.8 Å². The van der Waals surface area contributed by atoms with Gasteiger partial charge in [0.05, 0.1) is 17.1 Å². The molecule has 41 heavy (non-hydrogen) atoms. The van der Waals surface area contributed by atoms with E-state index < -0.39 is 38.7 Å². The van der Waals surface area contributed by atoms with Crippen LogP contribution < -0.4 is 11.0 Å². The summed E-state index contributed by atoms with van der Waals surface area (Å²) in [6.07, 6.45) is 4.21. The third kappa shape index (κ3) is 5.25. The number of aromatic nitrogens is 4. The Balaban J connectivity index is 1.37. The number of thioether (sulfide) groups is 1. The van der Waals surface area contributed by atoms with E-state index in [0.717, 1.165) is 4.31 Å². The highest BCUT2D eigenvalue weighted by Gasteiger charge is 2.51. The first-order valence-electron chi connectivity index (χ1n) is 12.6. The van der Waals surface area contributed by atoms with E-state index in [1.807, 2.05) is 0 Å². The van der Waals surface area contributed by atoms with E-state index >= 15 is 0 Å². The molecule has 0 spiro atoms. The molecule has 4 aromatic rings. The lowest BCUT2D eigenvalue weighted by molar-refractivity contribution is -0.142. The van der Waals surface area contributed by atoms with Crippen molar-refractivity contribution < 1.29 is 23.1 Å². The molecule has 3 aromatic heterocycles. The number of carboxylic acids is 1. The molecule has 1 aromatic carbocycles. The molecule has 1 saturated heterocycles. The molecule has 214 valence electrons. The van der Waals surface area contributed by atoms with Crippen molar-refractivity contribution in [3.63, 3.8) is 0 Å². The second kappa shape index (κ2) is 10.8. The zero-order valence-corrected chi connectivity index (χ0v) is 24.1. The zero-order chi connectivity index (χ0) is 29.5. The minimum atomic E-state index is -4.06. The molecule has 2 N–H and O–H groups in total. The van der Waals surface area contributed by atoms with Gasteiger partial charge < -0.3 is 10.4 Å². The summed E-state index contributed by atoms with van der Waals surface area (Å²) in [5, 5.41) is 12.5. The summed E-state index contributed by atoms with van der Waals surface area (Å²) in [5.41, 5.74) is 2.04. The molecule has 1 fully saturated rings. The average molecular weight is 597 g/mol. The Labute approximate surface area is 240 Å². The molecule has 0 bridgehead atoms. The number of hydrogen-bond donors (Lipinski definition) is 2. The number of nitrogens with one attached hydrogen (secondary N) is 1. The molecule has 0 radical (unpaired) electrons. The van der Waals surface area contributed by atoms with Crippen LogP contribution in [0.1, 0.15) is 19.4 Å². The fraction of sp³-hybridized carbons (Fsp3) is 0.296. The molecule has 0 unspecified atom stereocenters. The molecule has 1 aliphatic heterocycles. The number of rotatable bonds is 8. The van der Waals surface area contributed by atoms with E-state index in [2.05, 4.69) is 15.3 Å². The molecule has 5 rings (SSSR count).